The summed E-state index contributed by atoms with van der Waals surface area (Å²) in [7, 11) is 0. The molecule has 2 N–H and O–H groups in total. The summed E-state index contributed by atoms with van der Waals surface area (Å²) in [5.74, 6) is -2.53. The van der Waals surface area contributed by atoms with Crippen LogP contribution in [0.2, 0.25) is 0 Å². The number of nitrogens with one attached hydrogen (secondary N) is 1. The SMILES string of the molecule is CC(C(=O)O)C(C)C(=O)Nc1ccc(Br)cc1. The van der Waals surface area contributed by atoms with Crippen LogP contribution in [0.25, 0.3) is 0 Å². The summed E-state index contributed by atoms with van der Waals surface area (Å²) in [6.45, 7) is 3.13. The highest BCUT2D eigenvalue weighted by Crippen LogP contribution is 2.17. The van der Waals surface area contributed by atoms with Crippen molar-refractivity contribution in [2.75, 3.05) is 5.32 Å². The van der Waals surface area contributed by atoms with Gasteiger partial charge in [-0.2, -0.15) is 0 Å². The Balaban J connectivity index is 2.66. The first-order valence-electron chi connectivity index (χ1n) is 5.21. The highest BCUT2D eigenvalue weighted by Gasteiger charge is 2.25. The average Bonchev–Trinajstić information content (AvgIpc) is 2.30. The van der Waals surface area contributed by atoms with Crippen LogP contribution >= 0.6 is 15.9 Å². The van der Waals surface area contributed by atoms with Gasteiger partial charge in [0, 0.05) is 16.1 Å². The second kappa shape index (κ2) is 5.82. The van der Waals surface area contributed by atoms with Gasteiger partial charge in [-0.3, -0.25) is 9.59 Å². The number of carboxylic acids is 1. The van der Waals surface area contributed by atoms with Crippen molar-refractivity contribution < 1.29 is 14.7 Å². The first-order valence-corrected chi connectivity index (χ1v) is 6.00. The zero-order valence-electron chi connectivity index (χ0n) is 9.61. The van der Waals surface area contributed by atoms with E-state index < -0.39 is 17.8 Å². The van der Waals surface area contributed by atoms with Crippen LogP contribution in [0.5, 0.6) is 0 Å². The smallest absolute Gasteiger partial charge is 0.307 e. The number of aliphatic carboxylic acids is 1. The molecule has 0 aliphatic rings. The van der Waals surface area contributed by atoms with E-state index >= 15 is 0 Å². The number of carbonyl (C=O) groups excluding carboxylic acids is 1. The quantitative estimate of drug-likeness (QED) is 0.898. The van der Waals surface area contributed by atoms with Crippen molar-refractivity contribution in [1.29, 1.82) is 0 Å². The Morgan fingerprint density at radius 3 is 2.18 bits per heavy atom. The zero-order valence-corrected chi connectivity index (χ0v) is 11.2. The van der Waals surface area contributed by atoms with Crippen molar-refractivity contribution in [1.82, 2.24) is 0 Å². The average molecular weight is 300 g/mol. The van der Waals surface area contributed by atoms with Gasteiger partial charge in [-0.25, -0.2) is 0 Å². The van der Waals surface area contributed by atoms with Crippen molar-refractivity contribution in [3.05, 3.63) is 28.7 Å². The first-order chi connectivity index (χ1) is 7.91. The molecule has 1 aromatic carbocycles. The van der Waals surface area contributed by atoms with E-state index in [0.29, 0.717) is 5.69 Å². The fourth-order valence-corrected chi connectivity index (χ4v) is 1.49. The Morgan fingerprint density at radius 2 is 1.71 bits per heavy atom. The third-order valence-electron chi connectivity index (χ3n) is 2.66. The molecule has 1 amide bonds. The normalized spacial score (nSPS) is 13.8. The molecule has 0 aliphatic heterocycles. The Hall–Kier alpha value is -1.36. The molecule has 17 heavy (non-hydrogen) atoms. The third kappa shape index (κ3) is 3.85. The van der Waals surface area contributed by atoms with Gasteiger partial charge < -0.3 is 10.4 Å². The maximum atomic E-state index is 11.8. The first kappa shape index (κ1) is 13.7. The van der Waals surface area contributed by atoms with Gasteiger partial charge in [0.05, 0.1) is 5.92 Å². The molecule has 92 valence electrons. The molecule has 0 aliphatic carbocycles. The number of anilines is 1. The molecule has 0 fully saturated rings. The monoisotopic (exact) mass is 299 g/mol. The van der Waals surface area contributed by atoms with Crippen LogP contribution in [0.3, 0.4) is 0 Å². The summed E-state index contributed by atoms with van der Waals surface area (Å²) >= 11 is 3.29. The van der Waals surface area contributed by atoms with Gasteiger partial charge in [-0.05, 0) is 24.3 Å². The predicted octanol–water partition coefficient (Wildman–Crippen LogP) is 2.74. The molecule has 0 spiro atoms. The number of carboxylic acid groups (broad SMARTS) is 1. The maximum Gasteiger partial charge on any atom is 0.307 e. The number of rotatable bonds is 4. The lowest BCUT2D eigenvalue weighted by molar-refractivity contribution is -0.145. The molecular formula is C12H14BrNO3. The van der Waals surface area contributed by atoms with Gasteiger partial charge in [0.1, 0.15) is 0 Å². The van der Waals surface area contributed by atoms with E-state index in [4.69, 9.17) is 5.11 Å². The minimum atomic E-state index is -0.969. The second-order valence-electron chi connectivity index (χ2n) is 3.91. The van der Waals surface area contributed by atoms with E-state index in [1.807, 2.05) is 0 Å². The van der Waals surface area contributed by atoms with Crippen molar-refractivity contribution in [2.45, 2.75) is 13.8 Å². The van der Waals surface area contributed by atoms with Crippen molar-refractivity contribution >= 4 is 33.5 Å². The fourth-order valence-electron chi connectivity index (χ4n) is 1.23. The topological polar surface area (TPSA) is 66.4 Å². The van der Waals surface area contributed by atoms with E-state index in [-0.39, 0.29) is 5.91 Å². The summed E-state index contributed by atoms with van der Waals surface area (Å²) in [5.41, 5.74) is 0.655. The lowest BCUT2D eigenvalue weighted by Gasteiger charge is -2.15. The summed E-state index contributed by atoms with van der Waals surface area (Å²) in [4.78, 5) is 22.5. The summed E-state index contributed by atoms with van der Waals surface area (Å²) in [5, 5.41) is 11.5. The molecule has 0 saturated carbocycles. The Kier molecular flexibility index (Phi) is 4.69. The van der Waals surface area contributed by atoms with Crippen LogP contribution in [-0.2, 0) is 9.59 Å². The number of halogens is 1. The molecule has 5 heteroatoms. The van der Waals surface area contributed by atoms with E-state index in [2.05, 4.69) is 21.2 Å². The number of benzene rings is 1. The second-order valence-corrected chi connectivity index (χ2v) is 4.83. The minimum absolute atomic E-state index is 0.290. The van der Waals surface area contributed by atoms with Gasteiger partial charge >= 0.3 is 5.97 Å². The Bertz CT molecular complexity index is 416. The van der Waals surface area contributed by atoms with Crippen LogP contribution in [0.15, 0.2) is 28.7 Å². The Labute approximate surface area is 108 Å². The van der Waals surface area contributed by atoms with Crippen molar-refractivity contribution in [3.63, 3.8) is 0 Å². The van der Waals surface area contributed by atoms with Crippen LogP contribution in [0.4, 0.5) is 5.69 Å². The standard InChI is InChI=1S/C12H14BrNO3/c1-7(8(2)12(16)17)11(15)14-10-5-3-9(13)4-6-10/h3-8H,1-2H3,(H,14,15)(H,16,17). The molecule has 2 atom stereocenters. The van der Waals surface area contributed by atoms with Crippen LogP contribution in [0, 0.1) is 11.8 Å². The van der Waals surface area contributed by atoms with Crippen LogP contribution in [0.1, 0.15) is 13.8 Å². The minimum Gasteiger partial charge on any atom is -0.481 e. The lowest BCUT2D eigenvalue weighted by atomic mass is 9.95. The molecule has 2 unspecified atom stereocenters. The third-order valence-corrected chi connectivity index (χ3v) is 3.19. The maximum absolute atomic E-state index is 11.8. The summed E-state index contributed by atoms with van der Waals surface area (Å²) in [6.07, 6.45) is 0. The molecule has 0 heterocycles. The zero-order chi connectivity index (χ0) is 13.0. The molecule has 0 saturated heterocycles. The molecule has 0 aromatic heterocycles. The predicted molar refractivity (Wildman–Crippen MR) is 68.7 cm³/mol. The molecule has 1 aromatic rings. The van der Waals surface area contributed by atoms with Gasteiger partial charge in [0.25, 0.3) is 0 Å². The summed E-state index contributed by atoms with van der Waals surface area (Å²) in [6, 6.07) is 7.11. The number of amides is 1. The molecule has 4 nitrogen and oxygen atoms in total. The molecular weight excluding hydrogens is 286 g/mol. The van der Waals surface area contributed by atoms with E-state index in [0.717, 1.165) is 4.47 Å². The number of hydrogen-bond donors (Lipinski definition) is 2. The fraction of sp³-hybridized carbons (Fsp3) is 0.333. The van der Waals surface area contributed by atoms with Crippen LogP contribution < -0.4 is 5.32 Å². The largest absolute Gasteiger partial charge is 0.481 e. The van der Waals surface area contributed by atoms with E-state index in [9.17, 15) is 9.59 Å². The molecule has 1 rings (SSSR count). The van der Waals surface area contributed by atoms with Crippen molar-refractivity contribution in [3.8, 4) is 0 Å². The van der Waals surface area contributed by atoms with Crippen molar-refractivity contribution in [2.24, 2.45) is 11.8 Å². The molecule has 0 bridgehead atoms. The van der Waals surface area contributed by atoms with Gasteiger partial charge in [-0.1, -0.05) is 29.8 Å². The summed E-state index contributed by atoms with van der Waals surface area (Å²) < 4.78 is 0.919. The highest BCUT2D eigenvalue weighted by atomic mass is 79.9. The lowest BCUT2D eigenvalue weighted by Crippen LogP contribution is -2.29. The van der Waals surface area contributed by atoms with E-state index in [1.54, 1.807) is 31.2 Å². The van der Waals surface area contributed by atoms with Gasteiger partial charge in [-0.15, -0.1) is 0 Å². The number of hydrogen-bond acceptors (Lipinski definition) is 2. The molecule has 0 radical (unpaired) electrons. The van der Waals surface area contributed by atoms with E-state index in [1.165, 1.54) is 6.92 Å². The van der Waals surface area contributed by atoms with Gasteiger partial charge in [0.2, 0.25) is 5.91 Å². The van der Waals surface area contributed by atoms with Crippen LogP contribution in [-0.4, -0.2) is 17.0 Å². The van der Waals surface area contributed by atoms with Gasteiger partial charge in [0.15, 0.2) is 0 Å². The number of carbonyl (C=O) groups is 2. The highest BCUT2D eigenvalue weighted by molar-refractivity contribution is 9.10. The Morgan fingerprint density at radius 1 is 1.18 bits per heavy atom.